The molecule has 1 saturated heterocycles. The lowest BCUT2D eigenvalue weighted by Crippen LogP contribution is -2.52. The number of hydrogen-bond donors (Lipinski definition) is 1. The smallest absolute Gasteiger partial charge is 0.194 e. The predicted octanol–water partition coefficient (Wildman–Crippen LogP) is 3.04. The van der Waals surface area contributed by atoms with Gasteiger partial charge in [0.25, 0.3) is 0 Å². The van der Waals surface area contributed by atoms with Crippen molar-refractivity contribution >= 4 is 23.0 Å². The number of para-hydroxylation sites is 2. The number of guanidine groups is 1. The molecule has 0 saturated carbocycles. The standard InChI is InChI=1S/C21H31N5OS/c1-4-20-24-17(16-28-20)10-11-23-21(22-5-2)26-14-12-25(13-15-26)18-8-6-7-9-19(18)27-3/h6-9,16H,4-5,10-15H2,1-3H3,(H,22,23). The molecule has 28 heavy (non-hydrogen) atoms. The van der Waals surface area contributed by atoms with Crippen LogP contribution >= 0.6 is 11.3 Å². The highest BCUT2D eigenvalue weighted by atomic mass is 32.1. The van der Waals surface area contributed by atoms with Crippen LogP contribution in [0.2, 0.25) is 0 Å². The molecule has 3 rings (SSSR count). The number of aromatic nitrogens is 1. The third kappa shape index (κ3) is 5.16. The fourth-order valence-corrected chi connectivity index (χ4v) is 4.16. The lowest BCUT2D eigenvalue weighted by molar-refractivity contribution is 0.367. The van der Waals surface area contributed by atoms with E-state index in [-0.39, 0.29) is 0 Å². The molecular weight excluding hydrogens is 370 g/mol. The fraction of sp³-hybridized carbons (Fsp3) is 0.524. The molecule has 0 unspecified atom stereocenters. The summed E-state index contributed by atoms with van der Waals surface area (Å²) in [5, 5.41) is 6.81. The molecule has 1 aliphatic heterocycles. The second-order valence-electron chi connectivity index (χ2n) is 6.72. The minimum Gasteiger partial charge on any atom is -0.495 e. The molecule has 2 aromatic rings. The quantitative estimate of drug-likeness (QED) is 0.571. The SMILES string of the molecule is CCNC(=NCCc1csc(CC)n1)N1CCN(c2ccccc2OC)CC1. The largest absolute Gasteiger partial charge is 0.495 e. The summed E-state index contributed by atoms with van der Waals surface area (Å²) < 4.78 is 5.52. The van der Waals surface area contributed by atoms with Gasteiger partial charge in [-0.1, -0.05) is 19.1 Å². The van der Waals surface area contributed by atoms with Gasteiger partial charge in [0.05, 0.1) is 23.5 Å². The molecule has 152 valence electrons. The van der Waals surface area contributed by atoms with Gasteiger partial charge in [-0.3, -0.25) is 4.99 Å². The van der Waals surface area contributed by atoms with E-state index in [2.05, 4.69) is 51.5 Å². The molecule has 1 aromatic heterocycles. The van der Waals surface area contributed by atoms with E-state index in [0.29, 0.717) is 0 Å². The molecule has 0 aliphatic carbocycles. The van der Waals surface area contributed by atoms with E-state index in [0.717, 1.165) is 69.5 Å². The lowest BCUT2D eigenvalue weighted by atomic mass is 10.2. The molecule has 0 atom stereocenters. The Morgan fingerprint density at radius 1 is 1.21 bits per heavy atom. The third-order valence-electron chi connectivity index (χ3n) is 4.87. The molecule has 0 amide bonds. The Bertz CT molecular complexity index is 768. The Kier molecular flexibility index (Phi) is 7.54. The number of methoxy groups -OCH3 is 1. The number of rotatable bonds is 7. The van der Waals surface area contributed by atoms with E-state index in [1.807, 2.05) is 12.1 Å². The maximum Gasteiger partial charge on any atom is 0.194 e. The first-order valence-corrected chi connectivity index (χ1v) is 11.0. The van der Waals surface area contributed by atoms with Crippen LogP contribution in [-0.2, 0) is 12.8 Å². The van der Waals surface area contributed by atoms with Crippen LogP contribution in [0.5, 0.6) is 5.75 Å². The maximum absolute atomic E-state index is 5.52. The molecule has 1 N–H and O–H groups in total. The van der Waals surface area contributed by atoms with Crippen molar-refractivity contribution in [2.45, 2.75) is 26.7 Å². The Hall–Kier alpha value is -2.28. The highest BCUT2D eigenvalue weighted by molar-refractivity contribution is 7.09. The van der Waals surface area contributed by atoms with Crippen molar-refractivity contribution in [1.29, 1.82) is 0 Å². The van der Waals surface area contributed by atoms with E-state index in [4.69, 9.17) is 9.73 Å². The summed E-state index contributed by atoms with van der Waals surface area (Å²) in [6.45, 7) is 9.71. The van der Waals surface area contributed by atoms with Crippen molar-refractivity contribution in [3.8, 4) is 5.75 Å². The van der Waals surface area contributed by atoms with Crippen molar-refractivity contribution in [2.24, 2.45) is 4.99 Å². The monoisotopic (exact) mass is 401 g/mol. The lowest BCUT2D eigenvalue weighted by Gasteiger charge is -2.38. The van der Waals surface area contributed by atoms with E-state index in [1.54, 1.807) is 18.4 Å². The number of anilines is 1. The van der Waals surface area contributed by atoms with E-state index in [9.17, 15) is 0 Å². The van der Waals surface area contributed by atoms with Crippen LogP contribution in [-0.4, -0.2) is 62.2 Å². The number of thiazole rings is 1. The zero-order valence-electron chi connectivity index (χ0n) is 17.1. The second kappa shape index (κ2) is 10.3. The zero-order valence-corrected chi connectivity index (χ0v) is 18.0. The number of benzene rings is 1. The van der Waals surface area contributed by atoms with Crippen LogP contribution in [0.15, 0.2) is 34.6 Å². The molecule has 6 nitrogen and oxygen atoms in total. The van der Waals surface area contributed by atoms with Crippen molar-refractivity contribution in [2.75, 3.05) is 51.3 Å². The summed E-state index contributed by atoms with van der Waals surface area (Å²) in [5.41, 5.74) is 2.32. The summed E-state index contributed by atoms with van der Waals surface area (Å²) >= 11 is 1.75. The van der Waals surface area contributed by atoms with Crippen LogP contribution < -0.4 is 15.0 Å². The van der Waals surface area contributed by atoms with Gasteiger partial charge in [0.2, 0.25) is 0 Å². The number of piperazine rings is 1. The maximum atomic E-state index is 5.52. The van der Waals surface area contributed by atoms with Gasteiger partial charge in [0, 0.05) is 51.1 Å². The summed E-state index contributed by atoms with van der Waals surface area (Å²) in [5.74, 6) is 1.94. The number of ether oxygens (including phenoxy) is 1. The van der Waals surface area contributed by atoms with Crippen LogP contribution in [0.1, 0.15) is 24.5 Å². The average molecular weight is 402 g/mol. The minimum absolute atomic E-state index is 0.766. The van der Waals surface area contributed by atoms with Gasteiger partial charge in [0.15, 0.2) is 5.96 Å². The Morgan fingerprint density at radius 3 is 2.68 bits per heavy atom. The van der Waals surface area contributed by atoms with Gasteiger partial charge in [-0.2, -0.15) is 0 Å². The van der Waals surface area contributed by atoms with Gasteiger partial charge >= 0.3 is 0 Å². The first kappa shape index (κ1) is 20.5. The summed E-state index contributed by atoms with van der Waals surface area (Å²) in [6, 6.07) is 8.24. The topological polar surface area (TPSA) is 53.0 Å². The van der Waals surface area contributed by atoms with E-state index < -0.39 is 0 Å². The molecule has 0 bridgehead atoms. The number of nitrogens with zero attached hydrogens (tertiary/aromatic N) is 4. The number of aliphatic imine (C=N–C) groups is 1. The number of nitrogens with one attached hydrogen (secondary N) is 1. The molecular formula is C21H31N5OS. The van der Waals surface area contributed by atoms with Gasteiger partial charge in [-0.15, -0.1) is 11.3 Å². The molecule has 1 fully saturated rings. The number of hydrogen-bond acceptors (Lipinski definition) is 5. The van der Waals surface area contributed by atoms with Crippen LogP contribution in [0.3, 0.4) is 0 Å². The number of aryl methyl sites for hydroxylation is 1. The molecule has 0 radical (unpaired) electrons. The van der Waals surface area contributed by atoms with Crippen LogP contribution in [0.25, 0.3) is 0 Å². The van der Waals surface area contributed by atoms with Crippen molar-refractivity contribution in [1.82, 2.24) is 15.2 Å². The zero-order chi connectivity index (χ0) is 19.8. The average Bonchev–Trinajstić information content (AvgIpc) is 3.21. The van der Waals surface area contributed by atoms with Crippen LogP contribution in [0.4, 0.5) is 5.69 Å². The Balaban J connectivity index is 1.57. The van der Waals surface area contributed by atoms with E-state index >= 15 is 0 Å². The first-order chi connectivity index (χ1) is 13.7. The fourth-order valence-electron chi connectivity index (χ4n) is 3.38. The summed E-state index contributed by atoms with van der Waals surface area (Å²) in [6.07, 6.45) is 1.90. The Morgan fingerprint density at radius 2 is 2.00 bits per heavy atom. The summed E-state index contributed by atoms with van der Waals surface area (Å²) in [7, 11) is 1.73. The molecule has 7 heteroatoms. The molecule has 0 spiro atoms. The highest BCUT2D eigenvalue weighted by Gasteiger charge is 2.21. The van der Waals surface area contributed by atoms with Gasteiger partial charge in [-0.25, -0.2) is 4.98 Å². The van der Waals surface area contributed by atoms with Crippen molar-refractivity contribution in [3.63, 3.8) is 0 Å². The normalized spacial score (nSPS) is 15.0. The third-order valence-corrected chi connectivity index (χ3v) is 5.91. The van der Waals surface area contributed by atoms with Gasteiger partial charge < -0.3 is 19.9 Å². The van der Waals surface area contributed by atoms with Crippen LogP contribution in [0, 0.1) is 0 Å². The van der Waals surface area contributed by atoms with Gasteiger partial charge in [-0.05, 0) is 25.5 Å². The highest BCUT2D eigenvalue weighted by Crippen LogP contribution is 2.28. The second-order valence-corrected chi connectivity index (χ2v) is 7.66. The Labute approximate surface area is 172 Å². The predicted molar refractivity (Wildman–Crippen MR) is 118 cm³/mol. The van der Waals surface area contributed by atoms with Crippen molar-refractivity contribution in [3.05, 3.63) is 40.3 Å². The molecule has 1 aromatic carbocycles. The van der Waals surface area contributed by atoms with E-state index in [1.165, 1.54) is 10.7 Å². The summed E-state index contributed by atoms with van der Waals surface area (Å²) in [4.78, 5) is 14.2. The first-order valence-electron chi connectivity index (χ1n) is 10.1. The van der Waals surface area contributed by atoms with Gasteiger partial charge in [0.1, 0.15) is 5.75 Å². The minimum atomic E-state index is 0.766. The molecule has 1 aliphatic rings. The van der Waals surface area contributed by atoms with Crippen molar-refractivity contribution < 1.29 is 4.74 Å². The molecule has 2 heterocycles.